The molecule has 1 heterocycles. The average molecular weight is 302 g/mol. The number of sulfonamides is 1. The molecule has 0 unspecified atom stereocenters. The second kappa shape index (κ2) is 5.58. The quantitative estimate of drug-likeness (QED) is 0.868. The number of halogens is 1. The lowest BCUT2D eigenvalue weighted by Gasteiger charge is -2.08. The van der Waals surface area contributed by atoms with Gasteiger partial charge in [-0.3, -0.25) is 10.3 Å². The molecule has 0 saturated heterocycles. The fraction of sp³-hybridized carbons (Fsp3) is 0.273. The highest BCUT2D eigenvalue weighted by Crippen LogP contribution is 2.13. The number of nitrogens with zero attached hydrogens (tertiary/aromatic N) is 1. The molecule has 0 fully saturated rings. The first-order chi connectivity index (χ1) is 8.97. The van der Waals surface area contributed by atoms with Crippen molar-refractivity contribution in [2.75, 3.05) is 6.54 Å². The molecule has 0 aromatic heterocycles. The van der Waals surface area contributed by atoms with E-state index in [1.807, 2.05) is 4.72 Å². The largest absolute Gasteiger partial charge is 0.334 e. The van der Waals surface area contributed by atoms with Crippen LogP contribution in [0.2, 0.25) is 5.02 Å². The third-order valence-electron chi connectivity index (χ3n) is 2.48. The van der Waals surface area contributed by atoms with Crippen molar-refractivity contribution in [2.24, 2.45) is 4.99 Å². The van der Waals surface area contributed by atoms with Crippen LogP contribution >= 0.6 is 11.6 Å². The summed E-state index contributed by atoms with van der Waals surface area (Å²) in [5.41, 5.74) is 0. The highest BCUT2D eigenvalue weighted by atomic mass is 35.5. The summed E-state index contributed by atoms with van der Waals surface area (Å²) in [6.45, 7) is 0.652. The normalized spacial score (nSPS) is 14.9. The Morgan fingerprint density at radius 1 is 1.26 bits per heavy atom. The standard InChI is InChI=1S/C11H12ClN3O3S/c12-8-3-5-9(6-4-8)19(17,18)15-11(16)14-10-2-1-7-13-10/h3-6H,1-2,7H2,(H2,13,14,15,16). The summed E-state index contributed by atoms with van der Waals surface area (Å²) in [6, 6.07) is 4.72. The number of aliphatic imine (C=N–C) groups is 1. The van der Waals surface area contributed by atoms with Crippen molar-refractivity contribution in [2.45, 2.75) is 17.7 Å². The van der Waals surface area contributed by atoms with Crippen LogP contribution in [-0.4, -0.2) is 26.8 Å². The van der Waals surface area contributed by atoms with Gasteiger partial charge in [-0.25, -0.2) is 17.9 Å². The number of hydrogen-bond donors (Lipinski definition) is 2. The first-order valence-corrected chi connectivity index (χ1v) is 7.46. The number of urea groups is 1. The summed E-state index contributed by atoms with van der Waals surface area (Å²) in [7, 11) is -3.89. The summed E-state index contributed by atoms with van der Waals surface area (Å²) >= 11 is 5.67. The van der Waals surface area contributed by atoms with Crippen molar-refractivity contribution in [3.8, 4) is 0 Å². The summed E-state index contributed by atoms with van der Waals surface area (Å²) in [6.07, 6.45) is 1.51. The molecule has 0 radical (unpaired) electrons. The molecule has 2 rings (SSSR count). The van der Waals surface area contributed by atoms with Gasteiger partial charge in [-0.2, -0.15) is 0 Å². The summed E-state index contributed by atoms with van der Waals surface area (Å²) in [5, 5.41) is 2.83. The number of carbonyl (C=O) groups excluding carboxylic acids is 1. The number of rotatable bonds is 2. The molecule has 0 aliphatic carbocycles. The molecule has 6 nitrogen and oxygen atoms in total. The van der Waals surface area contributed by atoms with Gasteiger partial charge in [-0.15, -0.1) is 0 Å². The van der Waals surface area contributed by atoms with Crippen LogP contribution < -0.4 is 10.0 Å². The van der Waals surface area contributed by atoms with E-state index in [-0.39, 0.29) is 4.90 Å². The van der Waals surface area contributed by atoms with E-state index < -0.39 is 16.1 Å². The molecule has 102 valence electrons. The second-order valence-corrected chi connectivity index (χ2v) is 6.06. The maximum atomic E-state index is 11.9. The molecule has 1 aromatic rings. The molecule has 0 bridgehead atoms. The highest BCUT2D eigenvalue weighted by Gasteiger charge is 2.19. The number of hydrogen-bond acceptors (Lipinski definition) is 4. The fourth-order valence-corrected chi connectivity index (χ4v) is 2.63. The van der Waals surface area contributed by atoms with Crippen molar-refractivity contribution in [1.82, 2.24) is 10.0 Å². The lowest BCUT2D eigenvalue weighted by atomic mass is 10.3. The Bertz CT molecular complexity index is 611. The van der Waals surface area contributed by atoms with E-state index in [1.54, 1.807) is 0 Å². The van der Waals surface area contributed by atoms with Crippen molar-refractivity contribution < 1.29 is 13.2 Å². The molecule has 1 aromatic carbocycles. The molecule has 19 heavy (non-hydrogen) atoms. The maximum Gasteiger partial charge on any atom is 0.334 e. The van der Waals surface area contributed by atoms with E-state index in [0.717, 1.165) is 6.42 Å². The van der Waals surface area contributed by atoms with E-state index in [0.29, 0.717) is 23.8 Å². The number of amidine groups is 1. The monoisotopic (exact) mass is 301 g/mol. The molecule has 0 atom stereocenters. The Hall–Kier alpha value is -1.60. The molecule has 0 spiro atoms. The molecule has 8 heteroatoms. The molecule has 1 aliphatic heterocycles. The van der Waals surface area contributed by atoms with Gasteiger partial charge in [0.2, 0.25) is 0 Å². The predicted octanol–water partition coefficient (Wildman–Crippen LogP) is 1.52. The zero-order valence-corrected chi connectivity index (χ0v) is 11.5. The predicted molar refractivity (Wildman–Crippen MR) is 71.8 cm³/mol. The zero-order valence-electron chi connectivity index (χ0n) is 9.89. The van der Waals surface area contributed by atoms with E-state index in [9.17, 15) is 13.2 Å². The number of nitrogens with one attached hydrogen (secondary N) is 2. The van der Waals surface area contributed by atoms with Crippen LogP contribution in [0.3, 0.4) is 0 Å². The zero-order chi connectivity index (χ0) is 13.9. The van der Waals surface area contributed by atoms with Gasteiger partial charge in [-0.05, 0) is 30.7 Å². The van der Waals surface area contributed by atoms with Gasteiger partial charge in [0.15, 0.2) is 0 Å². The minimum Gasteiger partial charge on any atom is -0.295 e. The Morgan fingerprint density at radius 3 is 2.53 bits per heavy atom. The van der Waals surface area contributed by atoms with Gasteiger partial charge < -0.3 is 0 Å². The lowest BCUT2D eigenvalue weighted by molar-refractivity contribution is 0.250. The number of benzene rings is 1. The van der Waals surface area contributed by atoms with Crippen molar-refractivity contribution in [1.29, 1.82) is 0 Å². The highest BCUT2D eigenvalue weighted by molar-refractivity contribution is 7.90. The van der Waals surface area contributed by atoms with E-state index in [4.69, 9.17) is 11.6 Å². The van der Waals surface area contributed by atoms with E-state index in [2.05, 4.69) is 10.3 Å². The third-order valence-corrected chi connectivity index (χ3v) is 4.08. The van der Waals surface area contributed by atoms with Gasteiger partial charge in [0, 0.05) is 18.0 Å². The molecular weight excluding hydrogens is 290 g/mol. The topological polar surface area (TPSA) is 87.6 Å². The third kappa shape index (κ3) is 3.68. The molecule has 2 amide bonds. The van der Waals surface area contributed by atoms with Crippen LogP contribution in [0, 0.1) is 0 Å². The molecule has 0 saturated carbocycles. The van der Waals surface area contributed by atoms with Crippen LogP contribution in [-0.2, 0) is 10.0 Å². The Labute approximate surface area is 115 Å². The SMILES string of the molecule is O=C(NC1=NCCC1)NS(=O)(=O)c1ccc(Cl)cc1. The first-order valence-electron chi connectivity index (χ1n) is 5.60. The minimum atomic E-state index is -3.89. The fourth-order valence-electron chi connectivity index (χ4n) is 1.59. The smallest absolute Gasteiger partial charge is 0.295 e. The van der Waals surface area contributed by atoms with Crippen molar-refractivity contribution in [3.63, 3.8) is 0 Å². The summed E-state index contributed by atoms with van der Waals surface area (Å²) < 4.78 is 25.7. The first kappa shape index (κ1) is 13.8. The Kier molecular flexibility index (Phi) is 4.06. The van der Waals surface area contributed by atoms with Gasteiger partial charge in [-0.1, -0.05) is 11.6 Å². The van der Waals surface area contributed by atoms with Crippen molar-refractivity contribution >= 4 is 33.5 Å². The maximum absolute atomic E-state index is 11.9. The van der Waals surface area contributed by atoms with E-state index in [1.165, 1.54) is 24.3 Å². The van der Waals surface area contributed by atoms with Crippen molar-refractivity contribution in [3.05, 3.63) is 29.3 Å². The molecule has 2 N–H and O–H groups in total. The Balaban J connectivity index is 2.04. The lowest BCUT2D eigenvalue weighted by Crippen LogP contribution is -2.41. The number of carbonyl (C=O) groups is 1. The van der Waals surface area contributed by atoms with Gasteiger partial charge in [0.25, 0.3) is 10.0 Å². The Morgan fingerprint density at radius 2 is 1.95 bits per heavy atom. The second-order valence-electron chi connectivity index (χ2n) is 3.95. The van der Waals surface area contributed by atoms with Crippen LogP contribution in [0.15, 0.2) is 34.2 Å². The molecular formula is C11H12ClN3O3S. The summed E-state index contributed by atoms with van der Waals surface area (Å²) in [4.78, 5) is 15.5. The van der Waals surface area contributed by atoms with E-state index >= 15 is 0 Å². The van der Waals surface area contributed by atoms with Crippen LogP contribution in [0.25, 0.3) is 0 Å². The van der Waals surface area contributed by atoms with Crippen LogP contribution in [0.1, 0.15) is 12.8 Å². The summed E-state index contributed by atoms with van der Waals surface area (Å²) in [5.74, 6) is 0.504. The minimum absolute atomic E-state index is 0.0274. The molecule has 1 aliphatic rings. The van der Waals surface area contributed by atoms with Gasteiger partial charge in [0.05, 0.1) is 4.90 Å². The van der Waals surface area contributed by atoms with Gasteiger partial charge in [0.1, 0.15) is 5.84 Å². The van der Waals surface area contributed by atoms with Crippen LogP contribution in [0.5, 0.6) is 0 Å². The van der Waals surface area contributed by atoms with Crippen LogP contribution in [0.4, 0.5) is 4.79 Å². The number of amides is 2. The average Bonchev–Trinajstić information content (AvgIpc) is 2.81. The van der Waals surface area contributed by atoms with Gasteiger partial charge >= 0.3 is 6.03 Å².